The Morgan fingerprint density at radius 3 is 2.56 bits per heavy atom. The maximum atomic E-state index is 13.1. The molecule has 0 radical (unpaired) electrons. The molecule has 2 saturated heterocycles. The van der Waals surface area contributed by atoms with Gasteiger partial charge in [-0.25, -0.2) is 0 Å². The average Bonchev–Trinajstić information content (AvgIpc) is 2.97. The molecule has 1 atom stereocenters. The van der Waals surface area contributed by atoms with E-state index in [9.17, 15) is 4.79 Å². The van der Waals surface area contributed by atoms with Crippen LogP contribution in [0.3, 0.4) is 0 Å². The van der Waals surface area contributed by atoms with E-state index in [1.165, 1.54) is 56.8 Å². The average molecular weight is 606 g/mol. The first kappa shape index (κ1) is 24.8. The summed E-state index contributed by atoms with van der Waals surface area (Å²) >= 11 is 9.64. The molecule has 2 fully saturated rings. The zero-order chi connectivity index (χ0) is 23.9. The van der Waals surface area contributed by atoms with Crippen LogP contribution in [0.4, 0.5) is 0 Å². The molecule has 182 valence electrons. The summed E-state index contributed by atoms with van der Waals surface area (Å²) in [5.41, 5.74) is 6.81. The molecule has 6 heteroatoms. The second-order valence-electron chi connectivity index (χ2n) is 10.7. The van der Waals surface area contributed by atoms with Gasteiger partial charge in [0.15, 0.2) is 0 Å². The fourth-order valence-corrected chi connectivity index (χ4v) is 8.70. The summed E-state index contributed by atoms with van der Waals surface area (Å²) < 4.78 is 2.26. The van der Waals surface area contributed by atoms with Crippen molar-refractivity contribution in [2.24, 2.45) is 11.3 Å². The highest BCUT2D eigenvalue weighted by Crippen LogP contribution is 2.52. The fraction of sp³-hybridized carbons (Fsp3) is 0.571. The standard InChI is InChI=1S/C28H34Br2N2OS/c1-18-13-20-3-4-21-16-22(29)17-31-27(21)26(25(20)23(30)14-18)28(2)7-9-32(10-8-28)24(33)15-19-5-11-34-12-6-19/h13-14,16-17,19,26H,3-12,15H2,1-2H3. The van der Waals surface area contributed by atoms with Crippen molar-refractivity contribution >= 4 is 49.5 Å². The van der Waals surface area contributed by atoms with Crippen LogP contribution in [-0.4, -0.2) is 40.4 Å². The number of hydrogen-bond donors (Lipinski definition) is 0. The third-order valence-electron chi connectivity index (χ3n) is 8.31. The van der Waals surface area contributed by atoms with Gasteiger partial charge < -0.3 is 4.90 Å². The first-order chi connectivity index (χ1) is 16.3. The summed E-state index contributed by atoms with van der Waals surface area (Å²) in [5, 5.41) is 0. The fourth-order valence-electron chi connectivity index (χ4n) is 6.27. The van der Waals surface area contributed by atoms with E-state index in [2.05, 4.69) is 68.8 Å². The molecule has 1 aliphatic carbocycles. The van der Waals surface area contributed by atoms with Crippen LogP contribution >= 0.6 is 43.6 Å². The van der Waals surface area contributed by atoms with Gasteiger partial charge in [-0.15, -0.1) is 0 Å². The Bertz CT molecular complexity index is 1070. The molecule has 0 bridgehead atoms. The summed E-state index contributed by atoms with van der Waals surface area (Å²) in [4.78, 5) is 20.3. The van der Waals surface area contributed by atoms with Gasteiger partial charge in [-0.2, -0.15) is 11.8 Å². The molecule has 0 spiro atoms. The lowest BCUT2D eigenvalue weighted by Crippen LogP contribution is -2.45. The molecular formula is C28H34Br2N2OS. The van der Waals surface area contributed by atoms with Crippen LogP contribution in [0.5, 0.6) is 0 Å². The highest BCUT2D eigenvalue weighted by Gasteiger charge is 2.44. The zero-order valence-electron chi connectivity index (χ0n) is 20.2. The number of benzene rings is 1. The van der Waals surface area contributed by atoms with Gasteiger partial charge in [0.2, 0.25) is 5.91 Å². The number of piperidine rings is 1. The van der Waals surface area contributed by atoms with Crippen LogP contribution in [0, 0.1) is 18.3 Å². The van der Waals surface area contributed by atoms with Gasteiger partial charge in [-0.05, 0) is 119 Å². The van der Waals surface area contributed by atoms with E-state index in [0.717, 1.165) is 49.7 Å². The van der Waals surface area contributed by atoms with Crippen molar-refractivity contribution in [3.63, 3.8) is 0 Å². The number of nitrogens with zero attached hydrogens (tertiary/aromatic N) is 2. The Hall–Kier alpha value is -0.850. The lowest BCUT2D eigenvalue weighted by Gasteiger charge is -2.45. The van der Waals surface area contributed by atoms with Crippen molar-refractivity contribution < 1.29 is 4.79 Å². The van der Waals surface area contributed by atoms with E-state index >= 15 is 0 Å². The minimum Gasteiger partial charge on any atom is -0.343 e. The molecule has 3 aliphatic rings. The highest BCUT2D eigenvalue weighted by molar-refractivity contribution is 9.10. The second-order valence-corrected chi connectivity index (χ2v) is 13.7. The van der Waals surface area contributed by atoms with Gasteiger partial charge in [-0.1, -0.05) is 28.9 Å². The van der Waals surface area contributed by atoms with Crippen LogP contribution in [0.15, 0.2) is 33.3 Å². The van der Waals surface area contributed by atoms with Gasteiger partial charge in [0.05, 0.1) is 5.69 Å². The minimum atomic E-state index is 0.0602. The van der Waals surface area contributed by atoms with Crippen LogP contribution in [0.25, 0.3) is 0 Å². The van der Waals surface area contributed by atoms with Crippen LogP contribution < -0.4 is 0 Å². The SMILES string of the molecule is Cc1cc(Br)c2c(c1)CCc1cc(Br)cnc1C2C1(C)CCN(C(=O)CC2CCSCC2)CC1. The Morgan fingerprint density at radius 1 is 1.12 bits per heavy atom. The number of fused-ring (bicyclic) bond motifs is 2. The van der Waals surface area contributed by atoms with E-state index < -0.39 is 0 Å². The van der Waals surface area contributed by atoms with Gasteiger partial charge in [0.1, 0.15) is 0 Å². The number of amides is 1. The van der Waals surface area contributed by atoms with E-state index in [4.69, 9.17) is 4.98 Å². The normalized spacial score (nSPS) is 22.6. The number of rotatable bonds is 3. The van der Waals surface area contributed by atoms with Crippen LogP contribution in [0.1, 0.15) is 72.9 Å². The quantitative estimate of drug-likeness (QED) is 0.368. The Labute approximate surface area is 225 Å². The molecule has 2 aliphatic heterocycles. The minimum absolute atomic E-state index is 0.0602. The molecule has 1 aromatic carbocycles. The second kappa shape index (κ2) is 10.3. The molecule has 2 aromatic rings. The Balaban J connectivity index is 1.43. The summed E-state index contributed by atoms with van der Waals surface area (Å²) in [6, 6.07) is 6.91. The highest BCUT2D eigenvalue weighted by atomic mass is 79.9. The summed E-state index contributed by atoms with van der Waals surface area (Å²) in [6.45, 7) is 6.34. The maximum absolute atomic E-state index is 13.1. The maximum Gasteiger partial charge on any atom is 0.222 e. The van der Waals surface area contributed by atoms with Gasteiger partial charge in [0, 0.05) is 40.6 Å². The van der Waals surface area contributed by atoms with E-state index in [1.54, 1.807) is 0 Å². The predicted octanol–water partition coefficient (Wildman–Crippen LogP) is 7.31. The Kier molecular flexibility index (Phi) is 7.49. The molecule has 34 heavy (non-hydrogen) atoms. The number of aromatic nitrogens is 1. The molecule has 3 nitrogen and oxygen atoms in total. The molecule has 5 rings (SSSR count). The van der Waals surface area contributed by atoms with Gasteiger partial charge in [0.25, 0.3) is 0 Å². The summed E-state index contributed by atoms with van der Waals surface area (Å²) in [6.07, 6.45) is 9.19. The van der Waals surface area contributed by atoms with E-state index in [-0.39, 0.29) is 11.3 Å². The number of hydrogen-bond acceptors (Lipinski definition) is 3. The smallest absolute Gasteiger partial charge is 0.222 e. The van der Waals surface area contributed by atoms with Crippen molar-refractivity contribution in [3.8, 4) is 0 Å². The molecule has 1 amide bonds. The van der Waals surface area contributed by atoms with Crippen molar-refractivity contribution in [3.05, 3.63) is 61.3 Å². The van der Waals surface area contributed by atoms with Crippen molar-refractivity contribution in [2.45, 2.75) is 64.7 Å². The summed E-state index contributed by atoms with van der Waals surface area (Å²) in [5.74, 6) is 3.63. The van der Waals surface area contributed by atoms with Gasteiger partial charge in [-0.3, -0.25) is 9.78 Å². The molecule has 0 saturated carbocycles. The zero-order valence-corrected chi connectivity index (χ0v) is 24.2. The number of halogens is 2. The van der Waals surface area contributed by atoms with Crippen LogP contribution in [-0.2, 0) is 17.6 Å². The number of carbonyl (C=O) groups excluding carboxylic acids is 1. The molecule has 3 heterocycles. The van der Waals surface area contributed by atoms with Crippen molar-refractivity contribution in [1.82, 2.24) is 9.88 Å². The van der Waals surface area contributed by atoms with Crippen LogP contribution in [0.2, 0.25) is 0 Å². The van der Waals surface area contributed by atoms with E-state index in [0.29, 0.717) is 11.8 Å². The number of likely N-dealkylation sites (tertiary alicyclic amines) is 1. The number of thioether (sulfide) groups is 1. The number of aryl methyl sites for hydroxylation is 3. The largest absolute Gasteiger partial charge is 0.343 e. The monoisotopic (exact) mass is 604 g/mol. The van der Waals surface area contributed by atoms with Crippen molar-refractivity contribution in [1.29, 1.82) is 0 Å². The first-order valence-corrected chi connectivity index (χ1v) is 15.4. The Morgan fingerprint density at radius 2 is 1.82 bits per heavy atom. The first-order valence-electron chi connectivity index (χ1n) is 12.6. The predicted molar refractivity (Wildman–Crippen MR) is 149 cm³/mol. The third-order valence-corrected chi connectivity index (χ3v) is 10.5. The topological polar surface area (TPSA) is 33.2 Å². The molecule has 0 N–H and O–H groups in total. The lowest BCUT2D eigenvalue weighted by atomic mass is 9.65. The number of pyridine rings is 1. The molecule has 1 aromatic heterocycles. The molecular weight excluding hydrogens is 572 g/mol. The summed E-state index contributed by atoms with van der Waals surface area (Å²) in [7, 11) is 0. The third kappa shape index (κ3) is 5.01. The van der Waals surface area contributed by atoms with E-state index in [1.807, 2.05) is 18.0 Å². The molecule has 1 unspecified atom stereocenters. The lowest BCUT2D eigenvalue weighted by molar-refractivity contribution is -0.134. The van der Waals surface area contributed by atoms with Gasteiger partial charge >= 0.3 is 0 Å². The van der Waals surface area contributed by atoms with Crippen molar-refractivity contribution in [2.75, 3.05) is 24.6 Å². The number of carbonyl (C=O) groups is 1.